The van der Waals surface area contributed by atoms with Gasteiger partial charge in [-0.3, -0.25) is 9.69 Å². The van der Waals surface area contributed by atoms with Gasteiger partial charge in [0.05, 0.1) is 31.9 Å². The van der Waals surface area contributed by atoms with Crippen molar-refractivity contribution in [3.63, 3.8) is 0 Å². The molecule has 0 saturated carbocycles. The SMILES string of the molecule is CCN(C(=O)CN(C)C1CCNCC1)[C@H]1COC[C@@H]1O. The monoisotopic (exact) mass is 285 g/mol. The third-order valence-electron chi connectivity index (χ3n) is 4.40. The fourth-order valence-electron chi connectivity index (χ4n) is 3.11. The molecule has 0 unspecified atom stereocenters. The minimum absolute atomic E-state index is 0.0862. The predicted octanol–water partition coefficient (Wildman–Crippen LogP) is -0.722. The average Bonchev–Trinajstić information content (AvgIpc) is 2.87. The number of carbonyl (C=O) groups is 1. The van der Waals surface area contributed by atoms with Crippen LogP contribution in [0.1, 0.15) is 19.8 Å². The van der Waals surface area contributed by atoms with Gasteiger partial charge in [0.2, 0.25) is 5.91 Å². The van der Waals surface area contributed by atoms with E-state index in [1.54, 1.807) is 4.90 Å². The van der Waals surface area contributed by atoms with E-state index < -0.39 is 6.10 Å². The van der Waals surface area contributed by atoms with Crippen LogP contribution in [0.4, 0.5) is 0 Å². The standard InChI is InChI=1S/C14H27N3O3/c1-3-17(12-9-20-10-13(12)18)14(19)8-16(2)11-4-6-15-7-5-11/h11-13,15,18H,3-10H2,1-2H3/t12-,13-/m0/s1. The summed E-state index contributed by atoms with van der Waals surface area (Å²) in [4.78, 5) is 16.4. The molecule has 0 aromatic rings. The highest BCUT2D eigenvalue weighted by molar-refractivity contribution is 5.78. The number of amides is 1. The number of ether oxygens (including phenoxy) is 1. The molecule has 0 aromatic heterocycles. The number of nitrogens with zero attached hydrogens (tertiary/aromatic N) is 2. The highest BCUT2D eigenvalue weighted by Gasteiger charge is 2.34. The van der Waals surface area contributed by atoms with Crippen molar-refractivity contribution in [3.05, 3.63) is 0 Å². The van der Waals surface area contributed by atoms with Crippen LogP contribution in [0.5, 0.6) is 0 Å². The predicted molar refractivity (Wildman–Crippen MR) is 76.5 cm³/mol. The lowest BCUT2D eigenvalue weighted by molar-refractivity contribution is -0.136. The Morgan fingerprint density at radius 1 is 1.35 bits per heavy atom. The molecule has 2 fully saturated rings. The molecule has 0 radical (unpaired) electrons. The largest absolute Gasteiger partial charge is 0.388 e. The molecule has 2 heterocycles. The van der Waals surface area contributed by atoms with Crippen molar-refractivity contribution >= 4 is 5.91 Å². The first-order valence-corrected chi connectivity index (χ1v) is 7.59. The van der Waals surface area contributed by atoms with Crippen molar-refractivity contribution in [2.24, 2.45) is 0 Å². The summed E-state index contributed by atoms with van der Waals surface area (Å²) in [5, 5.41) is 13.2. The number of rotatable bonds is 5. The van der Waals surface area contributed by atoms with E-state index in [2.05, 4.69) is 10.2 Å². The van der Waals surface area contributed by atoms with Crippen LogP contribution in [-0.2, 0) is 9.53 Å². The molecule has 6 heteroatoms. The van der Waals surface area contributed by atoms with Crippen molar-refractivity contribution in [1.82, 2.24) is 15.1 Å². The highest BCUT2D eigenvalue weighted by Crippen LogP contribution is 2.15. The van der Waals surface area contributed by atoms with Gasteiger partial charge < -0.3 is 20.1 Å². The number of aliphatic hydroxyl groups excluding tert-OH is 1. The zero-order valence-electron chi connectivity index (χ0n) is 12.5. The first-order chi connectivity index (χ1) is 9.63. The van der Waals surface area contributed by atoms with E-state index in [-0.39, 0.29) is 11.9 Å². The summed E-state index contributed by atoms with van der Waals surface area (Å²) in [6.07, 6.45) is 1.62. The number of likely N-dealkylation sites (N-methyl/N-ethyl adjacent to an activating group) is 2. The Bertz CT molecular complexity index is 321. The van der Waals surface area contributed by atoms with Gasteiger partial charge in [0.15, 0.2) is 0 Å². The van der Waals surface area contributed by atoms with Crippen LogP contribution in [0.2, 0.25) is 0 Å². The molecule has 2 rings (SSSR count). The second-order valence-electron chi connectivity index (χ2n) is 5.75. The Morgan fingerprint density at radius 2 is 2.05 bits per heavy atom. The van der Waals surface area contributed by atoms with Gasteiger partial charge in [-0.05, 0) is 39.9 Å². The van der Waals surface area contributed by atoms with Crippen molar-refractivity contribution in [2.75, 3.05) is 46.4 Å². The van der Waals surface area contributed by atoms with E-state index in [1.165, 1.54) is 0 Å². The van der Waals surface area contributed by atoms with Gasteiger partial charge in [0.25, 0.3) is 0 Å². The summed E-state index contributed by atoms with van der Waals surface area (Å²) < 4.78 is 5.26. The first kappa shape index (κ1) is 15.7. The van der Waals surface area contributed by atoms with Gasteiger partial charge in [-0.2, -0.15) is 0 Å². The minimum Gasteiger partial charge on any atom is -0.388 e. The number of hydrogen-bond acceptors (Lipinski definition) is 5. The quantitative estimate of drug-likeness (QED) is 0.698. The molecule has 0 bridgehead atoms. The molecular formula is C14H27N3O3. The number of nitrogens with one attached hydrogen (secondary N) is 1. The normalized spacial score (nSPS) is 28.0. The molecule has 2 saturated heterocycles. The molecule has 2 atom stereocenters. The van der Waals surface area contributed by atoms with Crippen LogP contribution in [0.15, 0.2) is 0 Å². The summed E-state index contributed by atoms with van der Waals surface area (Å²) in [7, 11) is 2.02. The Morgan fingerprint density at radius 3 is 2.60 bits per heavy atom. The molecule has 0 aliphatic carbocycles. The lowest BCUT2D eigenvalue weighted by Crippen LogP contribution is -2.51. The molecular weight excluding hydrogens is 258 g/mol. The van der Waals surface area contributed by atoms with Crippen LogP contribution < -0.4 is 5.32 Å². The Kier molecular flexibility index (Phi) is 5.77. The lowest BCUT2D eigenvalue weighted by Gasteiger charge is -2.34. The molecule has 2 aliphatic heterocycles. The van der Waals surface area contributed by atoms with Crippen LogP contribution in [-0.4, -0.2) is 85.4 Å². The van der Waals surface area contributed by atoms with Gasteiger partial charge in [-0.25, -0.2) is 0 Å². The molecule has 1 amide bonds. The average molecular weight is 285 g/mol. The maximum absolute atomic E-state index is 12.5. The van der Waals surface area contributed by atoms with Gasteiger partial charge in [0, 0.05) is 12.6 Å². The summed E-state index contributed by atoms with van der Waals surface area (Å²) >= 11 is 0. The molecule has 2 aliphatic rings. The Labute approximate surface area is 121 Å². The summed E-state index contributed by atoms with van der Waals surface area (Å²) in [6.45, 7) is 5.81. The Balaban J connectivity index is 1.88. The van der Waals surface area contributed by atoms with E-state index in [4.69, 9.17) is 4.74 Å². The second-order valence-corrected chi connectivity index (χ2v) is 5.75. The van der Waals surface area contributed by atoms with Crippen molar-refractivity contribution in [2.45, 2.75) is 38.0 Å². The fraction of sp³-hybridized carbons (Fsp3) is 0.929. The van der Waals surface area contributed by atoms with Crippen LogP contribution in [0.25, 0.3) is 0 Å². The van der Waals surface area contributed by atoms with Gasteiger partial charge in [-0.15, -0.1) is 0 Å². The van der Waals surface area contributed by atoms with Crippen LogP contribution >= 0.6 is 0 Å². The zero-order chi connectivity index (χ0) is 14.5. The first-order valence-electron chi connectivity index (χ1n) is 7.59. The van der Waals surface area contributed by atoms with Crippen molar-refractivity contribution in [1.29, 1.82) is 0 Å². The third kappa shape index (κ3) is 3.69. The fourth-order valence-corrected chi connectivity index (χ4v) is 3.11. The van der Waals surface area contributed by atoms with Gasteiger partial charge in [-0.1, -0.05) is 0 Å². The molecule has 6 nitrogen and oxygen atoms in total. The summed E-state index contributed by atoms with van der Waals surface area (Å²) in [5.74, 6) is 0.0862. The third-order valence-corrected chi connectivity index (χ3v) is 4.40. The molecule has 0 spiro atoms. The van der Waals surface area contributed by atoms with E-state index in [0.29, 0.717) is 32.3 Å². The maximum atomic E-state index is 12.5. The Hall–Kier alpha value is -0.690. The summed E-state index contributed by atoms with van der Waals surface area (Å²) in [6, 6.07) is 0.289. The smallest absolute Gasteiger partial charge is 0.237 e. The molecule has 0 aromatic carbocycles. The van der Waals surface area contributed by atoms with E-state index in [9.17, 15) is 9.90 Å². The van der Waals surface area contributed by atoms with Gasteiger partial charge >= 0.3 is 0 Å². The van der Waals surface area contributed by atoms with E-state index >= 15 is 0 Å². The lowest BCUT2D eigenvalue weighted by atomic mass is 10.1. The number of carbonyl (C=O) groups excluding carboxylic acids is 1. The topological polar surface area (TPSA) is 65.0 Å². The van der Waals surface area contributed by atoms with E-state index in [1.807, 2.05) is 14.0 Å². The number of hydrogen-bond donors (Lipinski definition) is 2. The molecule has 20 heavy (non-hydrogen) atoms. The van der Waals surface area contributed by atoms with E-state index in [0.717, 1.165) is 25.9 Å². The number of piperidine rings is 1. The number of aliphatic hydroxyl groups is 1. The maximum Gasteiger partial charge on any atom is 0.237 e. The molecule has 116 valence electrons. The van der Waals surface area contributed by atoms with Crippen molar-refractivity contribution < 1.29 is 14.6 Å². The highest BCUT2D eigenvalue weighted by atomic mass is 16.5. The second kappa shape index (κ2) is 7.36. The van der Waals surface area contributed by atoms with Gasteiger partial charge in [0.1, 0.15) is 0 Å². The van der Waals surface area contributed by atoms with Crippen LogP contribution in [0, 0.1) is 0 Å². The van der Waals surface area contributed by atoms with Crippen LogP contribution in [0.3, 0.4) is 0 Å². The molecule has 2 N–H and O–H groups in total. The van der Waals surface area contributed by atoms with Crippen molar-refractivity contribution in [3.8, 4) is 0 Å². The minimum atomic E-state index is -0.553. The zero-order valence-corrected chi connectivity index (χ0v) is 12.5. The summed E-state index contributed by atoms with van der Waals surface area (Å²) in [5.41, 5.74) is 0.